The van der Waals surface area contributed by atoms with Gasteiger partial charge in [-0.1, -0.05) is 12.1 Å². The van der Waals surface area contributed by atoms with E-state index >= 15 is 0 Å². The molecule has 0 saturated carbocycles. The minimum absolute atomic E-state index is 0.0572. The number of methoxy groups -OCH3 is 1. The third-order valence-electron chi connectivity index (χ3n) is 4.91. The third-order valence-corrected chi connectivity index (χ3v) is 4.91. The largest absolute Gasteiger partial charge is 0.453 e. The Balaban J connectivity index is 1.60. The van der Waals surface area contributed by atoms with Gasteiger partial charge < -0.3 is 14.5 Å². The topological polar surface area (TPSA) is 53.1 Å². The number of piperazine rings is 1. The normalized spacial score (nSPS) is 21.1. The molecule has 2 heterocycles. The summed E-state index contributed by atoms with van der Waals surface area (Å²) in [5.74, 6) is 0.0572. The summed E-state index contributed by atoms with van der Waals surface area (Å²) in [6.07, 6.45) is 1.19. The summed E-state index contributed by atoms with van der Waals surface area (Å²) in [5.41, 5.74) is 2.45. The lowest BCUT2D eigenvalue weighted by Crippen LogP contribution is -2.54. The van der Waals surface area contributed by atoms with Crippen LogP contribution >= 0.6 is 0 Å². The van der Waals surface area contributed by atoms with Crippen molar-refractivity contribution in [2.75, 3.05) is 44.7 Å². The highest BCUT2D eigenvalue weighted by molar-refractivity contribution is 5.86. The highest BCUT2D eigenvalue weighted by Crippen LogP contribution is 2.22. The van der Waals surface area contributed by atoms with Gasteiger partial charge in [0.15, 0.2) is 0 Å². The number of carbonyl (C=O) groups is 2. The molecule has 1 unspecified atom stereocenters. The first-order chi connectivity index (χ1) is 11.6. The molecule has 1 aromatic carbocycles. The van der Waals surface area contributed by atoms with E-state index in [1.807, 2.05) is 4.90 Å². The number of ether oxygens (including phenoxy) is 1. The number of anilines is 1. The van der Waals surface area contributed by atoms with Crippen molar-refractivity contribution in [1.82, 2.24) is 9.80 Å². The molecule has 0 aliphatic carbocycles. The van der Waals surface area contributed by atoms with Gasteiger partial charge in [0.25, 0.3) is 0 Å². The molecular weight excluding hydrogens is 306 g/mol. The van der Waals surface area contributed by atoms with Crippen LogP contribution in [0.15, 0.2) is 24.3 Å². The minimum Gasteiger partial charge on any atom is -0.453 e. The number of nitrogens with zero attached hydrogens (tertiary/aromatic N) is 3. The Hall–Kier alpha value is -2.24. The average molecular weight is 331 g/mol. The molecule has 0 aromatic heterocycles. The molecule has 6 heteroatoms. The second kappa shape index (κ2) is 7.11. The van der Waals surface area contributed by atoms with E-state index in [-0.39, 0.29) is 11.9 Å². The van der Waals surface area contributed by atoms with Crippen LogP contribution in [0.25, 0.3) is 0 Å². The summed E-state index contributed by atoms with van der Waals surface area (Å²) in [4.78, 5) is 30.4. The zero-order valence-corrected chi connectivity index (χ0v) is 14.4. The second-order valence-corrected chi connectivity index (χ2v) is 6.47. The summed E-state index contributed by atoms with van der Waals surface area (Å²) in [6, 6.07) is 8.08. The maximum atomic E-state index is 12.8. The smallest absolute Gasteiger partial charge is 0.410 e. The molecule has 1 atom stereocenters. The van der Waals surface area contributed by atoms with Crippen molar-refractivity contribution in [3.63, 3.8) is 0 Å². The molecule has 3 rings (SSSR count). The van der Waals surface area contributed by atoms with E-state index in [9.17, 15) is 9.59 Å². The van der Waals surface area contributed by atoms with Gasteiger partial charge in [-0.25, -0.2) is 4.79 Å². The molecule has 2 fully saturated rings. The average Bonchev–Trinajstić information content (AvgIpc) is 3.10. The Morgan fingerprint density at radius 1 is 1.12 bits per heavy atom. The summed E-state index contributed by atoms with van der Waals surface area (Å²) >= 11 is 0. The first-order valence-electron chi connectivity index (χ1n) is 8.55. The third kappa shape index (κ3) is 3.32. The predicted octanol–water partition coefficient (Wildman–Crippen LogP) is 1.87. The van der Waals surface area contributed by atoms with Crippen LogP contribution in [0.5, 0.6) is 0 Å². The Morgan fingerprint density at radius 3 is 2.54 bits per heavy atom. The number of hydrogen-bond donors (Lipinski definition) is 0. The number of rotatable bonds is 2. The van der Waals surface area contributed by atoms with E-state index in [2.05, 4.69) is 36.1 Å². The van der Waals surface area contributed by atoms with E-state index in [1.165, 1.54) is 18.4 Å². The van der Waals surface area contributed by atoms with Gasteiger partial charge in [-0.15, -0.1) is 0 Å². The number of aryl methyl sites for hydroxylation is 1. The minimum atomic E-state index is -0.399. The van der Waals surface area contributed by atoms with Crippen LogP contribution in [-0.2, 0) is 9.53 Å². The van der Waals surface area contributed by atoms with Crippen molar-refractivity contribution in [2.45, 2.75) is 25.8 Å². The van der Waals surface area contributed by atoms with Crippen LogP contribution in [0.1, 0.15) is 18.4 Å². The van der Waals surface area contributed by atoms with Gasteiger partial charge in [0, 0.05) is 38.4 Å². The molecule has 24 heavy (non-hydrogen) atoms. The van der Waals surface area contributed by atoms with Crippen molar-refractivity contribution in [1.29, 1.82) is 0 Å². The monoisotopic (exact) mass is 331 g/mol. The van der Waals surface area contributed by atoms with Crippen molar-refractivity contribution < 1.29 is 14.3 Å². The van der Waals surface area contributed by atoms with Gasteiger partial charge in [-0.3, -0.25) is 9.69 Å². The number of hydrogen-bond acceptors (Lipinski definition) is 4. The fourth-order valence-electron chi connectivity index (χ4n) is 3.58. The Kier molecular flexibility index (Phi) is 4.92. The highest BCUT2D eigenvalue weighted by atomic mass is 16.5. The van der Waals surface area contributed by atoms with Crippen LogP contribution in [0.4, 0.5) is 10.5 Å². The quantitative estimate of drug-likeness (QED) is 0.830. The fraction of sp³-hybridized carbons (Fsp3) is 0.556. The molecule has 0 N–H and O–H groups in total. The van der Waals surface area contributed by atoms with Gasteiger partial charge in [-0.05, 0) is 37.5 Å². The Morgan fingerprint density at radius 2 is 1.88 bits per heavy atom. The lowest BCUT2D eigenvalue weighted by molar-refractivity contribution is -0.135. The van der Waals surface area contributed by atoms with Gasteiger partial charge in [0.1, 0.15) is 6.04 Å². The molecule has 130 valence electrons. The van der Waals surface area contributed by atoms with Crippen LogP contribution < -0.4 is 4.90 Å². The van der Waals surface area contributed by atoms with E-state index in [0.29, 0.717) is 19.6 Å². The standard InChI is InChI=1S/C18H25N3O3/c1-14-5-3-6-15(13-14)19-9-11-20(12-10-19)17(22)16-7-4-8-21(16)18(23)24-2/h3,5-6,13,16H,4,7-12H2,1-2H3. The molecule has 2 aliphatic rings. The van der Waals surface area contributed by atoms with Crippen molar-refractivity contribution in [2.24, 2.45) is 0 Å². The number of likely N-dealkylation sites (tertiary alicyclic amines) is 1. The van der Waals surface area contributed by atoms with E-state index in [4.69, 9.17) is 4.74 Å². The predicted molar refractivity (Wildman–Crippen MR) is 92.1 cm³/mol. The number of carbonyl (C=O) groups excluding carboxylic acids is 2. The molecule has 2 aliphatic heterocycles. The van der Waals surface area contributed by atoms with Crippen LogP contribution in [0, 0.1) is 6.92 Å². The maximum Gasteiger partial charge on any atom is 0.410 e. The Bertz CT molecular complexity index is 611. The van der Waals surface area contributed by atoms with Crippen molar-refractivity contribution in [3.05, 3.63) is 29.8 Å². The fourth-order valence-corrected chi connectivity index (χ4v) is 3.58. The summed E-state index contributed by atoms with van der Waals surface area (Å²) in [6.45, 7) is 5.72. The zero-order valence-electron chi connectivity index (χ0n) is 14.4. The molecule has 0 spiro atoms. The lowest BCUT2D eigenvalue weighted by Gasteiger charge is -2.38. The summed E-state index contributed by atoms with van der Waals surface area (Å²) in [7, 11) is 1.36. The SMILES string of the molecule is COC(=O)N1CCCC1C(=O)N1CCN(c2cccc(C)c2)CC1. The van der Waals surface area contributed by atoms with Gasteiger partial charge in [0.05, 0.1) is 7.11 Å². The summed E-state index contributed by atoms with van der Waals surface area (Å²) in [5, 5.41) is 0. The first-order valence-corrected chi connectivity index (χ1v) is 8.55. The number of amides is 2. The molecule has 0 radical (unpaired) electrons. The van der Waals surface area contributed by atoms with E-state index in [1.54, 1.807) is 4.90 Å². The van der Waals surface area contributed by atoms with Crippen LogP contribution in [0.2, 0.25) is 0 Å². The maximum absolute atomic E-state index is 12.8. The van der Waals surface area contributed by atoms with Crippen molar-refractivity contribution in [3.8, 4) is 0 Å². The Labute approximate surface area is 143 Å². The summed E-state index contributed by atoms with van der Waals surface area (Å²) < 4.78 is 4.80. The molecular formula is C18H25N3O3. The van der Waals surface area contributed by atoms with Crippen LogP contribution in [-0.4, -0.2) is 67.7 Å². The highest BCUT2D eigenvalue weighted by Gasteiger charge is 2.37. The zero-order chi connectivity index (χ0) is 17.1. The molecule has 2 amide bonds. The van der Waals surface area contributed by atoms with E-state index < -0.39 is 6.09 Å². The van der Waals surface area contributed by atoms with E-state index in [0.717, 1.165) is 25.9 Å². The molecule has 1 aromatic rings. The molecule has 2 saturated heterocycles. The van der Waals surface area contributed by atoms with Crippen LogP contribution in [0.3, 0.4) is 0 Å². The van der Waals surface area contributed by atoms with Gasteiger partial charge in [0.2, 0.25) is 5.91 Å². The van der Waals surface area contributed by atoms with Crippen molar-refractivity contribution >= 4 is 17.7 Å². The van der Waals surface area contributed by atoms with Gasteiger partial charge >= 0.3 is 6.09 Å². The second-order valence-electron chi connectivity index (χ2n) is 6.47. The van der Waals surface area contributed by atoms with Gasteiger partial charge in [-0.2, -0.15) is 0 Å². The molecule has 6 nitrogen and oxygen atoms in total. The first kappa shape index (κ1) is 16.6. The number of benzene rings is 1. The lowest BCUT2D eigenvalue weighted by atomic mass is 10.1. The molecule has 0 bridgehead atoms.